The summed E-state index contributed by atoms with van der Waals surface area (Å²) in [5.41, 5.74) is 3.60. The first kappa shape index (κ1) is 12.3. The molecule has 0 unspecified atom stereocenters. The number of benzene rings is 1. The van der Waals surface area contributed by atoms with Crippen molar-refractivity contribution in [3.8, 4) is 0 Å². The van der Waals surface area contributed by atoms with Crippen LogP contribution in [0.5, 0.6) is 0 Å². The summed E-state index contributed by atoms with van der Waals surface area (Å²) < 4.78 is 1.16. The van der Waals surface area contributed by atoms with Crippen molar-refractivity contribution in [3.05, 3.63) is 63.9 Å². The molecule has 0 spiro atoms. The third kappa shape index (κ3) is 3.65. The van der Waals surface area contributed by atoms with Crippen molar-refractivity contribution < 1.29 is 0 Å². The van der Waals surface area contributed by atoms with E-state index in [1.54, 1.807) is 0 Å². The Hall–Kier alpha value is -1.19. The van der Waals surface area contributed by atoms with Gasteiger partial charge >= 0.3 is 0 Å². The Morgan fingerprint density at radius 3 is 2.76 bits per heavy atom. The van der Waals surface area contributed by atoms with Crippen LogP contribution in [0.4, 0.5) is 0 Å². The number of rotatable bonds is 4. The molecule has 1 N–H and O–H groups in total. The fourth-order valence-corrected chi connectivity index (χ4v) is 2.26. The van der Waals surface area contributed by atoms with Crippen LogP contribution in [-0.2, 0) is 13.1 Å². The minimum Gasteiger partial charge on any atom is -0.307 e. The smallest absolute Gasteiger partial charge is 0.0541 e. The van der Waals surface area contributed by atoms with E-state index in [4.69, 9.17) is 0 Å². The molecule has 2 aromatic rings. The van der Waals surface area contributed by atoms with E-state index in [0.29, 0.717) is 0 Å². The number of halogens is 1. The standard InChI is InChI=1S/C14H15BrN2/c1-11-5-6-12(14(15)8-11)9-16-10-13-4-2-3-7-17-13/h2-8,16H,9-10H2,1H3. The van der Waals surface area contributed by atoms with Gasteiger partial charge in [-0.05, 0) is 36.2 Å². The number of pyridine rings is 1. The van der Waals surface area contributed by atoms with Gasteiger partial charge in [0.25, 0.3) is 0 Å². The molecule has 0 aliphatic heterocycles. The first-order chi connectivity index (χ1) is 8.25. The molecule has 0 aliphatic carbocycles. The number of aryl methyl sites for hydroxylation is 1. The van der Waals surface area contributed by atoms with Crippen LogP contribution < -0.4 is 5.32 Å². The van der Waals surface area contributed by atoms with Crippen molar-refractivity contribution in [2.75, 3.05) is 0 Å². The average molecular weight is 291 g/mol. The topological polar surface area (TPSA) is 24.9 Å². The maximum Gasteiger partial charge on any atom is 0.0541 e. The quantitative estimate of drug-likeness (QED) is 0.933. The molecule has 0 saturated heterocycles. The van der Waals surface area contributed by atoms with Crippen LogP contribution in [0.3, 0.4) is 0 Å². The number of hydrogen-bond acceptors (Lipinski definition) is 2. The fourth-order valence-electron chi connectivity index (χ4n) is 1.62. The molecule has 2 rings (SSSR count). The van der Waals surface area contributed by atoms with E-state index in [9.17, 15) is 0 Å². The van der Waals surface area contributed by atoms with Crippen LogP contribution in [-0.4, -0.2) is 4.98 Å². The number of aromatic nitrogens is 1. The van der Waals surface area contributed by atoms with Gasteiger partial charge in [-0.15, -0.1) is 0 Å². The normalized spacial score (nSPS) is 10.5. The van der Waals surface area contributed by atoms with Gasteiger partial charge in [0.2, 0.25) is 0 Å². The second kappa shape index (κ2) is 5.94. The first-order valence-electron chi connectivity index (χ1n) is 5.61. The van der Waals surface area contributed by atoms with Crippen LogP contribution in [0.25, 0.3) is 0 Å². The Kier molecular flexibility index (Phi) is 4.29. The molecule has 1 aromatic carbocycles. The van der Waals surface area contributed by atoms with Gasteiger partial charge in [0.15, 0.2) is 0 Å². The van der Waals surface area contributed by atoms with Crippen LogP contribution in [0, 0.1) is 6.92 Å². The summed E-state index contributed by atoms with van der Waals surface area (Å²) in [4.78, 5) is 4.27. The molecule has 1 aromatic heterocycles. The molecule has 0 radical (unpaired) electrons. The molecule has 0 atom stereocenters. The Bertz CT molecular complexity index is 483. The molecule has 0 aliphatic rings. The Morgan fingerprint density at radius 1 is 1.18 bits per heavy atom. The summed E-state index contributed by atoms with van der Waals surface area (Å²) in [5.74, 6) is 0. The zero-order valence-electron chi connectivity index (χ0n) is 9.78. The van der Waals surface area contributed by atoms with E-state index in [1.807, 2.05) is 24.4 Å². The van der Waals surface area contributed by atoms with Crippen molar-refractivity contribution >= 4 is 15.9 Å². The maximum atomic E-state index is 4.27. The molecule has 0 amide bonds. The zero-order chi connectivity index (χ0) is 12.1. The van der Waals surface area contributed by atoms with Gasteiger partial charge in [-0.3, -0.25) is 4.98 Å². The average Bonchev–Trinajstić information content (AvgIpc) is 2.33. The Morgan fingerprint density at radius 2 is 2.06 bits per heavy atom. The summed E-state index contributed by atoms with van der Waals surface area (Å²) in [5, 5.41) is 3.39. The molecule has 88 valence electrons. The van der Waals surface area contributed by atoms with Crippen LogP contribution >= 0.6 is 15.9 Å². The van der Waals surface area contributed by atoms with Crippen LogP contribution in [0.15, 0.2) is 47.1 Å². The minimum absolute atomic E-state index is 0.793. The summed E-state index contributed by atoms with van der Waals surface area (Å²) in [7, 11) is 0. The second-order valence-electron chi connectivity index (χ2n) is 4.02. The van der Waals surface area contributed by atoms with Crippen LogP contribution in [0.2, 0.25) is 0 Å². The lowest BCUT2D eigenvalue weighted by molar-refractivity contribution is 0.678. The molecule has 0 saturated carbocycles. The van der Waals surface area contributed by atoms with Crippen molar-refractivity contribution in [1.82, 2.24) is 10.3 Å². The predicted molar refractivity (Wildman–Crippen MR) is 73.7 cm³/mol. The fraction of sp³-hybridized carbons (Fsp3) is 0.214. The molecule has 1 heterocycles. The number of nitrogens with one attached hydrogen (secondary N) is 1. The highest BCUT2D eigenvalue weighted by atomic mass is 79.9. The molecular weight excluding hydrogens is 276 g/mol. The maximum absolute atomic E-state index is 4.27. The Balaban J connectivity index is 1.90. The second-order valence-corrected chi connectivity index (χ2v) is 4.87. The number of nitrogens with zero attached hydrogens (tertiary/aromatic N) is 1. The van der Waals surface area contributed by atoms with Gasteiger partial charge < -0.3 is 5.32 Å². The van der Waals surface area contributed by atoms with Gasteiger partial charge in [-0.2, -0.15) is 0 Å². The van der Waals surface area contributed by atoms with E-state index < -0.39 is 0 Å². The van der Waals surface area contributed by atoms with Gasteiger partial charge in [-0.25, -0.2) is 0 Å². The predicted octanol–water partition coefficient (Wildman–Crippen LogP) is 3.44. The molecule has 3 heteroatoms. The van der Waals surface area contributed by atoms with E-state index in [0.717, 1.165) is 23.3 Å². The van der Waals surface area contributed by atoms with E-state index in [1.165, 1.54) is 11.1 Å². The van der Waals surface area contributed by atoms with E-state index >= 15 is 0 Å². The first-order valence-corrected chi connectivity index (χ1v) is 6.40. The van der Waals surface area contributed by atoms with E-state index in [2.05, 4.69) is 51.4 Å². The van der Waals surface area contributed by atoms with Crippen molar-refractivity contribution in [1.29, 1.82) is 0 Å². The third-order valence-corrected chi connectivity index (χ3v) is 3.29. The largest absolute Gasteiger partial charge is 0.307 e. The molecule has 2 nitrogen and oxygen atoms in total. The highest BCUT2D eigenvalue weighted by Crippen LogP contribution is 2.18. The highest BCUT2D eigenvalue weighted by Gasteiger charge is 1.99. The lowest BCUT2D eigenvalue weighted by Gasteiger charge is -2.07. The summed E-state index contributed by atoms with van der Waals surface area (Å²) in [6.45, 7) is 3.73. The highest BCUT2D eigenvalue weighted by molar-refractivity contribution is 9.10. The van der Waals surface area contributed by atoms with Gasteiger partial charge in [0, 0.05) is 23.8 Å². The lowest BCUT2D eigenvalue weighted by Crippen LogP contribution is -2.13. The minimum atomic E-state index is 0.793. The van der Waals surface area contributed by atoms with Crippen molar-refractivity contribution in [2.24, 2.45) is 0 Å². The number of hydrogen-bond donors (Lipinski definition) is 1. The molecular formula is C14H15BrN2. The van der Waals surface area contributed by atoms with Crippen molar-refractivity contribution in [3.63, 3.8) is 0 Å². The summed E-state index contributed by atoms with van der Waals surface area (Å²) in [6.07, 6.45) is 1.82. The van der Waals surface area contributed by atoms with Crippen LogP contribution in [0.1, 0.15) is 16.8 Å². The SMILES string of the molecule is Cc1ccc(CNCc2ccccn2)c(Br)c1. The van der Waals surface area contributed by atoms with Gasteiger partial charge in [0.1, 0.15) is 0 Å². The third-order valence-electron chi connectivity index (χ3n) is 2.56. The zero-order valence-corrected chi connectivity index (χ0v) is 11.4. The molecule has 17 heavy (non-hydrogen) atoms. The Labute approximate surface area is 110 Å². The summed E-state index contributed by atoms with van der Waals surface area (Å²) >= 11 is 3.58. The van der Waals surface area contributed by atoms with Gasteiger partial charge in [-0.1, -0.05) is 34.1 Å². The molecule has 0 bridgehead atoms. The summed E-state index contributed by atoms with van der Waals surface area (Å²) in [6, 6.07) is 12.4. The lowest BCUT2D eigenvalue weighted by atomic mass is 10.1. The molecule has 0 fully saturated rings. The van der Waals surface area contributed by atoms with Crippen molar-refractivity contribution in [2.45, 2.75) is 20.0 Å². The van der Waals surface area contributed by atoms with Gasteiger partial charge in [0.05, 0.1) is 5.69 Å². The van der Waals surface area contributed by atoms with E-state index in [-0.39, 0.29) is 0 Å². The monoisotopic (exact) mass is 290 g/mol.